The van der Waals surface area contributed by atoms with Gasteiger partial charge in [0.05, 0.1) is 11.7 Å². The number of anilines is 1. The highest BCUT2D eigenvalue weighted by Gasteiger charge is 2.29. The van der Waals surface area contributed by atoms with E-state index in [0.29, 0.717) is 41.2 Å². The Hall–Kier alpha value is -3.59. The van der Waals surface area contributed by atoms with Gasteiger partial charge in [-0.3, -0.25) is 14.2 Å². The summed E-state index contributed by atoms with van der Waals surface area (Å²) in [7, 11) is 0. The van der Waals surface area contributed by atoms with E-state index < -0.39 is 6.10 Å². The first kappa shape index (κ1) is 21.3. The monoisotopic (exact) mass is 462 g/mol. The summed E-state index contributed by atoms with van der Waals surface area (Å²) in [5, 5.41) is 12.1. The van der Waals surface area contributed by atoms with Crippen LogP contribution in [-0.2, 0) is 11.3 Å². The molecule has 0 aliphatic carbocycles. The quantitative estimate of drug-likeness (QED) is 0.322. The molecule has 0 fully saturated rings. The Balaban J connectivity index is 1.32. The minimum atomic E-state index is -0.416. The number of fused-ring (bicyclic) bond motifs is 2. The van der Waals surface area contributed by atoms with Gasteiger partial charge in [0.25, 0.3) is 0 Å². The number of ether oxygens (including phenoxy) is 2. The normalized spacial score (nSPS) is 18.5. The van der Waals surface area contributed by atoms with E-state index in [0.717, 1.165) is 11.3 Å². The summed E-state index contributed by atoms with van der Waals surface area (Å²) in [6.45, 7) is 6.45. The average molecular weight is 463 g/mol. The summed E-state index contributed by atoms with van der Waals surface area (Å²) in [6, 6.07) is 12.8. The number of thioether (sulfide) groups is 1. The third-order valence-corrected chi connectivity index (χ3v) is 6.64. The van der Waals surface area contributed by atoms with Gasteiger partial charge < -0.3 is 14.8 Å². The number of carbonyl (C=O) groups excluding carboxylic acids is 2. The SMILES string of the molecule is C=CCn1c(SCC(=O)c2ccc3c(c2)[C@@H](C)C(=O)N3)nnc1[C@@H]1COc2ccccc2O1. The molecule has 3 aromatic rings. The van der Waals surface area contributed by atoms with Crippen LogP contribution in [0.1, 0.15) is 40.7 Å². The number of benzene rings is 2. The van der Waals surface area contributed by atoms with Gasteiger partial charge in [0.2, 0.25) is 5.91 Å². The maximum atomic E-state index is 12.9. The number of hydrogen-bond donors (Lipinski definition) is 1. The molecule has 168 valence electrons. The summed E-state index contributed by atoms with van der Waals surface area (Å²) in [4.78, 5) is 24.8. The molecule has 5 rings (SSSR count). The molecule has 33 heavy (non-hydrogen) atoms. The van der Waals surface area contributed by atoms with Crippen molar-refractivity contribution in [3.8, 4) is 11.5 Å². The molecule has 0 radical (unpaired) electrons. The van der Waals surface area contributed by atoms with E-state index in [1.807, 2.05) is 35.8 Å². The average Bonchev–Trinajstić information content (AvgIpc) is 3.37. The van der Waals surface area contributed by atoms with E-state index in [9.17, 15) is 9.59 Å². The van der Waals surface area contributed by atoms with E-state index in [-0.39, 0.29) is 23.4 Å². The lowest BCUT2D eigenvalue weighted by atomic mass is 9.99. The van der Waals surface area contributed by atoms with Crippen molar-refractivity contribution in [2.75, 3.05) is 17.7 Å². The fourth-order valence-electron chi connectivity index (χ4n) is 3.90. The number of rotatable bonds is 7. The number of nitrogens with one attached hydrogen (secondary N) is 1. The zero-order valence-corrected chi connectivity index (χ0v) is 18.8. The Kier molecular flexibility index (Phi) is 5.63. The van der Waals surface area contributed by atoms with Crippen LogP contribution in [0.4, 0.5) is 5.69 Å². The van der Waals surface area contributed by atoms with Crippen LogP contribution in [0.2, 0.25) is 0 Å². The van der Waals surface area contributed by atoms with Gasteiger partial charge >= 0.3 is 0 Å². The van der Waals surface area contributed by atoms with Crippen LogP contribution in [0.5, 0.6) is 11.5 Å². The zero-order valence-electron chi connectivity index (χ0n) is 18.0. The number of nitrogens with zero attached hydrogens (tertiary/aromatic N) is 3. The maximum absolute atomic E-state index is 12.9. The van der Waals surface area contributed by atoms with E-state index in [1.165, 1.54) is 11.8 Å². The van der Waals surface area contributed by atoms with Crippen molar-refractivity contribution in [3.63, 3.8) is 0 Å². The summed E-state index contributed by atoms with van der Waals surface area (Å²) >= 11 is 1.31. The highest BCUT2D eigenvalue weighted by Crippen LogP contribution is 2.36. The van der Waals surface area contributed by atoms with Gasteiger partial charge in [-0.25, -0.2) is 0 Å². The van der Waals surface area contributed by atoms with E-state index in [1.54, 1.807) is 24.3 Å². The molecule has 0 unspecified atom stereocenters. The van der Waals surface area contributed by atoms with E-state index in [2.05, 4.69) is 22.1 Å². The van der Waals surface area contributed by atoms with Crippen molar-refractivity contribution < 1.29 is 19.1 Å². The molecule has 2 aliphatic heterocycles. The summed E-state index contributed by atoms with van der Waals surface area (Å²) in [5.41, 5.74) is 2.19. The third kappa shape index (κ3) is 4.00. The lowest BCUT2D eigenvalue weighted by Crippen LogP contribution is -2.25. The molecule has 1 aromatic heterocycles. The van der Waals surface area contributed by atoms with Crippen molar-refractivity contribution in [1.29, 1.82) is 0 Å². The summed E-state index contributed by atoms with van der Waals surface area (Å²) in [6.07, 6.45) is 1.34. The first-order valence-electron chi connectivity index (χ1n) is 10.6. The fourth-order valence-corrected chi connectivity index (χ4v) is 4.75. The van der Waals surface area contributed by atoms with Gasteiger partial charge in [-0.05, 0) is 42.8 Å². The Morgan fingerprint density at radius 3 is 2.91 bits per heavy atom. The van der Waals surface area contributed by atoms with Gasteiger partial charge in [0.15, 0.2) is 34.4 Å². The molecular formula is C24H22N4O4S. The van der Waals surface area contributed by atoms with Crippen LogP contribution in [0, 0.1) is 0 Å². The third-order valence-electron chi connectivity index (χ3n) is 5.68. The fraction of sp³-hybridized carbons (Fsp3) is 0.250. The molecule has 3 heterocycles. The van der Waals surface area contributed by atoms with Crippen LogP contribution in [0.25, 0.3) is 0 Å². The number of Topliss-reactive ketones (excluding diaryl/α,β-unsaturated/α-hetero) is 1. The van der Waals surface area contributed by atoms with Crippen molar-refractivity contribution in [2.45, 2.75) is 30.6 Å². The van der Waals surface area contributed by atoms with Crippen LogP contribution in [0.3, 0.4) is 0 Å². The predicted molar refractivity (Wildman–Crippen MR) is 124 cm³/mol. The number of allylic oxidation sites excluding steroid dienone is 1. The van der Waals surface area contributed by atoms with Crippen LogP contribution >= 0.6 is 11.8 Å². The Bertz CT molecular complexity index is 1260. The number of carbonyl (C=O) groups is 2. The minimum Gasteiger partial charge on any atom is -0.485 e. The molecule has 2 aromatic carbocycles. The van der Waals surface area contributed by atoms with Gasteiger partial charge in [-0.2, -0.15) is 0 Å². The molecule has 1 amide bonds. The van der Waals surface area contributed by atoms with E-state index >= 15 is 0 Å². The predicted octanol–water partition coefficient (Wildman–Crippen LogP) is 4.01. The Labute approximate surface area is 195 Å². The number of aromatic nitrogens is 3. The number of para-hydroxylation sites is 2. The topological polar surface area (TPSA) is 95.3 Å². The van der Waals surface area contributed by atoms with Gasteiger partial charge in [-0.15, -0.1) is 16.8 Å². The maximum Gasteiger partial charge on any atom is 0.231 e. The molecule has 0 saturated heterocycles. The second kappa shape index (κ2) is 8.74. The highest BCUT2D eigenvalue weighted by atomic mass is 32.2. The summed E-state index contributed by atoms with van der Waals surface area (Å²) in [5.74, 6) is 1.81. The lowest BCUT2D eigenvalue weighted by Gasteiger charge is -2.26. The lowest BCUT2D eigenvalue weighted by molar-refractivity contribution is -0.116. The van der Waals surface area contributed by atoms with Crippen molar-refractivity contribution >= 4 is 29.1 Å². The second-order valence-corrected chi connectivity index (χ2v) is 8.77. The summed E-state index contributed by atoms with van der Waals surface area (Å²) < 4.78 is 13.8. The molecular weight excluding hydrogens is 440 g/mol. The first-order chi connectivity index (χ1) is 16.0. The molecule has 0 spiro atoms. The number of ketones is 1. The van der Waals surface area contributed by atoms with Crippen LogP contribution in [0.15, 0.2) is 60.3 Å². The number of amides is 1. The molecule has 2 aliphatic rings. The van der Waals surface area contributed by atoms with Gasteiger partial charge in [-0.1, -0.05) is 30.0 Å². The Morgan fingerprint density at radius 2 is 2.09 bits per heavy atom. The van der Waals surface area contributed by atoms with Crippen molar-refractivity contribution in [1.82, 2.24) is 14.8 Å². The molecule has 8 nitrogen and oxygen atoms in total. The number of hydrogen-bond acceptors (Lipinski definition) is 7. The first-order valence-corrected chi connectivity index (χ1v) is 11.6. The molecule has 2 atom stereocenters. The van der Waals surface area contributed by atoms with Crippen molar-refractivity contribution in [2.24, 2.45) is 0 Å². The molecule has 1 N–H and O–H groups in total. The highest BCUT2D eigenvalue weighted by molar-refractivity contribution is 7.99. The zero-order chi connectivity index (χ0) is 22.9. The van der Waals surface area contributed by atoms with E-state index in [4.69, 9.17) is 9.47 Å². The molecule has 0 bridgehead atoms. The molecule has 0 saturated carbocycles. The molecule has 9 heteroatoms. The van der Waals surface area contributed by atoms with Gasteiger partial charge in [0.1, 0.15) is 6.61 Å². The standard InChI is InChI=1S/C24H22N4O4S/c1-3-10-28-22(21-12-31-19-6-4-5-7-20(19)32-21)26-27-24(28)33-13-18(29)15-8-9-17-16(11-15)14(2)23(30)25-17/h3-9,11,14,21H,1,10,12-13H2,2H3,(H,25,30)/t14-,21+/m1/s1. The minimum absolute atomic E-state index is 0.0461. The Morgan fingerprint density at radius 1 is 1.27 bits per heavy atom. The van der Waals surface area contributed by atoms with Crippen LogP contribution in [-0.4, -0.2) is 38.8 Å². The van der Waals surface area contributed by atoms with Crippen molar-refractivity contribution in [3.05, 3.63) is 72.1 Å². The largest absolute Gasteiger partial charge is 0.485 e. The smallest absolute Gasteiger partial charge is 0.231 e. The second-order valence-electron chi connectivity index (χ2n) is 7.83. The van der Waals surface area contributed by atoms with Gasteiger partial charge in [0, 0.05) is 17.8 Å². The van der Waals surface area contributed by atoms with Crippen LogP contribution < -0.4 is 14.8 Å².